The lowest BCUT2D eigenvalue weighted by Crippen LogP contribution is -2.50. The lowest BCUT2D eigenvalue weighted by molar-refractivity contribution is -0.139. The van der Waals surface area contributed by atoms with Crippen LogP contribution in [0.4, 0.5) is 10.1 Å². The van der Waals surface area contributed by atoms with Gasteiger partial charge in [-0.2, -0.15) is 0 Å². The summed E-state index contributed by atoms with van der Waals surface area (Å²) >= 11 is 0. The number of hydrogen-bond donors (Lipinski definition) is 2. The molecule has 0 bridgehead atoms. The lowest BCUT2D eigenvalue weighted by atomic mass is 9.92. The van der Waals surface area contributed by atoms with Gasteiger partial charge in [-0.25, -0.2) is 4.39 Å². The number of halogens is 1. The molecule has 1 saturated carbocycles. The van der Waals surface area contributed by atoms with Crippen molar-refractivity contribution in [2.45, 2.75) is 44.1 Å². The van der Waals surface area contributed by atoms with Crippen molar-refractivity contribution in [2.24, 2.45) is 5.92 Å². The van der Waals surface area contributed by atoms with Crippen LogP contribution in [0.25, 0.3) is 0 Å². The number of nitrogens with zero attached hydrogens (tertiary/aromatic N) is 1. The van der Waals surface area contributed by atoms with E-state index in [4.69, 9.17) is 5.11 Å². The molecule has 1 heterocycles. The SMILES string of the molecule is O=C(O)CC1(NC(=O)C2CC(=O)N(c3ccccc3F)C2)CCCC1. The Morgan fingerprint density at radius 1 is 1.28 bits per heavy atom. The van der Waals surface area contributed by atoms with Gasteiger partial charge >= 0.3 is 5.97 Å². The Hall–Kier alpha value is -2.44. The van der Waals surface area contributed by atoms with Gasteiger partial charge in [0.1, 0.15) is 5.82 Å². The maximum atomic E-state index is 13.9. The Morgan fingerprint density at radius 2 is 1.96 bits per heavy atom. The summed E-state index contributed by atoms with van der Waals surface area (Å²) in [7, 11) is 0. The summed E-state index contributed by atoms with van der Waals surface area (Å²) in [5.41, 5.74) is -0.555. The number of carbonyl (C=O) groups is 3. The van der Waals surface area contributed by atoms with Crippen LogP contribution in [0.1, 0.15) is 38.5 Å². The molecule has 2 N–H and O–H groups in total. The van der Waals surface area contributed by atoms with Crippen LogP contribution >= 0.6 is 0 Å². The maximum Gasteiger partial charge on any atom is 0.305 e. The first-order valence-electron chi connectivity index (χ1n) is 8.49. The normalized spacial score (nSPS) is 22.2. The second-order valence-corrected chi connectivity index (χ2v) is 6.90. The summed E-state index contributed by atoms with van der Waals surface area (Å²) in [6.07, 6.45) is 2.89. The predicted octanol–water partition coefficient (Wildman–Crippen LogP) is 2.08. The van der Waals surface area contributed by atoms with Crippen LogP contribution in [0.2, 0.25) is 0 Å². The molecule has 0 aromatic heterocycles. The van der Waals surface area contributed by atoms with Crippen molar-refractivity contribution < 1.29 is 23.9 Å². The monoisotopic (exact) mass is 348 g/mol. The fraction of sp³-hybridized carbons (Fsp3) is 0.500. The van der Waals surface area contributed by atoms with E-state index in [0.717, 1.165) is 12.8 Å². The minimum Gasteiger partial charge on any atom is -0.481 e. The molecule has 1 aromatic rings. The molecule has 2 amide bonds. The highest BCUT2D eigenvalue weighted by molar-refractivity contribution is 6.00. The number of anilines is 1. The molecule has 1 aliphatic carbocycles. The van der Waals surface area contributed by atoms with Crippen molar-refractivity contribution in [3.05, 3.63) is 30.1 Å². The van der Waals surface area contributed by atoms with Crippen molar-refractivity contribution in [3.63, 3.8) is 0 Å². The van der Waals surface area contributed by atoms with Gasteiger partial charge in [-0.05, 0) is 25.0 Å². The van der Waals surface area contributed by atoms with E-state index >= 15 is 0 Å². The lowest BCUT2D eigenvalue weighted by Gasteiger charge is -2.30. The number of carboxylic acids is 1. The molecule has 1 atom stereocenters. The van der Waals surface area contributed by atoms with Crippen molar-refractivity contribution >= 4 is 23.5 Å². The molecule has 1 aromatic carbocycles. The number of nitrogens with one attached hydrogen (secondary N) is 1. The average molecular weight is 348 g/mol. The first kappa shape index (κ1) is 17.4. The van der Waals surface area contributed by atoms with Crippen LogP contribution in [0.5, 0.6) is 0 Å². The van der Waals surface area contributed by atoms with Crippen LogP contribution in [0, 0.1) is 11.7 Å². The number of carboxylic acid groups (broad SMARTS) is 1. The number of hydrogen-bond acceptors (Lipinski definition) is 3. The quantitative estimate of drug-likeness (QED) is 0.853. The van der Waals surface area contributed by atoms with Crippen molar-refractivity contribution in [1.29, 1.82) is 0 Å². The molecule has 134 valence electrons. The number of aliphatic carboxylic acids is 1. The molecule has 1 aliphatic heterocycles. The van der Waals surface area contributed by atoms with E-state index in [-0.39, 0.29) is 36.9 Å². The molecule has 2 aliphatic rings. The Morgan fingerprint density at radius 3 is 2.60 bits per heavy atom. The highest BCUT2D eigenvalue weighted by Crippen LogP contribution is 2.34. The number of amides is 2. The van der Waals surface area contributed by atoms with Crippen LogP contribution in [-0.2, 0) is 14.4 Å². The van der Waals surface area contributed by atoms with Crippen molar-refractivity contribution in [1.82, 2.24) is 5.32 Å². The van der Waals surface area contributed by atoms with E-state index < -0.39 is 23.2 Å². The third kappa shape index (κ3) is 3.65. The van der Waals surface area contributed by atoms with Crippen LogP contribution < -0.4 is 10.2 Å². The third-order valence-corrected chi connectivity index (χ3v) is 5.08. The Bertz CT molecular complexity index is 700. The van der Waals surface area contributed by atoms with E-state index in [2.05, 4.69) is 5.32 Å². The largest absolute Gasteiger partial charge is 0.481 e. The zero-order valence-corrected chi connectivity index (χ0v) is 13.8. The van der Waals surface area contributed by atoms with Crippen LogP contribution in [-0.4, -0.2) is 35.0 Å². The molecule has 6 nitrogen and oxygen atoms in total. The molecule has 2 fully saturated rings. The standard InChI is InChI=1S/C18H21FN2O4/c19-13-5-1-2-6-14(13)21-11-12(9-15(21)22)17(25)20-18(10-16(23)24)7-3-4-8-18/h1-2,5-6,12H,3-4,7-11H2,(H,20,25)(H,23,24). The number of rotatable bonds is 5. The van der Waals surface area contributed by atoms with E-state index in [0.29, 0.717) is 12.8 Å². The minimum atomic E-state index is -0.947. The summed E-state index contributed by atoms with van der Waals surface area (Å²) in [6, 6.07) is 5.96. The molecule has 0 spiro atoms. The van der Waals surface area contributed by atoms with Gasteiger partial charge in [0.05, 0.1) is 23.6 Å². The van der Waals surface area contributed by atoms with Crippen molar-refractivity contribution in [2.75, 3.05) is 11.4 Å². The van der Waals surface area contributed by atoms with Crippen molar-refractivity contribution in [3.8, 4) is 0 Å². The van der Waals surface area contributed by atoms with E-state index in [9.17, 15) is 18.8 Å². The minimum absolute atomic E-state index is 0.00329. The van der Waals surface area contributed by atoms with Gasteiger partial charge in [0.2, 0.25) is 11.8 Å². The smallest absolute Gasteiger partial charge is 0.305 e. The second kappa shape index (κ2) is 6.82. The van der Waals surface area contributed by atoms with E-state index in [1.54, 1.807) is 12.1 Å². The van der Waals surface area contributed by atoms with Gasteiger partial charge in [-0.15, -0.1) is 0 Å². The number of para-hydroxylation sites is 1. The highest BCUT2D eigenvalue weighted by atomic mass is 19.1. The fourth-order valence-corrected chi connectivity index (χ4v) is 3.84. The van der Waals surface area contributed by atoms with Gasteiger partial charge < -0.3 is 15.3 Å². The average Bonchev–Trinajstić information content (AvgIpc) is 3.14. The molecular weight excluding hydrogens is 327 g/mol. The summed E-state index contributed by atoms with van der Waals surface area (Å²) in [6.45, 7) is 0.106. The first-order valence-corrected chi connectivity index (χ1v) is 8.49. The molecule has 1 saturated heterocycles. The molecule has 1 unspecified atom stereocenters. The Kier molecular flexibility index (Phi) is 4.74. The van der Waals surface area contributed by atoms with Gasteiger partial charge in [0, 0.05) is 13.0 Å². The summed E-state index contributed by atoms with van der Waals surface area (Å²) in [5.74, 6) is -2.68. The zero-order valence-electron chi connectivity index (χ0n) is 13.8. The maximum absolute atomic E-state index is 13.9. The molecule has 7 heteroatoms. The van der Waals surface area contributed by atoms with Gasteiger partial charge in [0.15, 0.2) is 0 Å². The molecular formula is C18H21FN2O4. The fourth-order valence-electron chi connectivity index (χ4n) is 3.84. The van der Waals surface area contributed by atoms with E-state index in [1.165, 1.54) is 17.0 Å². The zero-order chi connectivity index (χ0) is 18.0. The van der Waals surface area contributed by atoms with Gasteiger partial charge in [-0.3, -0.25) is 14.4 Å². The molecule has 25 heavy (non-hydrogen) atoms. The highest BCUT2D eigenvalue weighted by Gasteiger charge is 2.42. The first-order chi connectivity index (χ1) is 11.9. The summed E-state index contributed by atoms with van der Waals surface area (Å²) < 4.78 is 13.9. The second-order valence-electron chi connectivity index (χ2n) is 6.90. The number of benzene rings is 1. The Balaban J connectivity index is 1.70. The van der Waals surface area contributed by atoms with Gasteiger partial charge in [0.25, 0.3) is 0 Å². The van der Waals surface area contributed by atoms with Crippen LogP contribution in [0.15, 0.2) is 24.3 Å². The summed E-state index contributed by atoms with van der Waals surface area (Å²) in [4.78, 5) is 37.3. The van der Waals surface area contributed by atoms with Crippen LogP contribution in [0.3, 0.4) is 0 Å². The predicted molar refractivity (Wildman–Crippen MR) is 88.5 cm³/mol. The van der Waals surface area contributed by atoms with Gasteiger partial charge in [-0.1, -0.05) is 25.0 Å². The summed E-state index contributed by atoms with van der Waals surface area (Å²) in [5, 5.41) is 12.0. The topological polar surface area (TPSA) is 86.7 Å². The third-order valence-electron chi connectivity index (χ3n) is 5.08. The Labute approximate surface area is 145 Å². The number of carbonyl (C=O) groups excluding carboxylic acids is 2. The van der Waals surface area contributed by atoms with E-state index in [1.807, 2.05) is 0 Å². The molecule has 0 radical (unpaired) electrons. The molecule has 3 rings (SSSR count).